The zero-order valence-electron chi connectivity index (χ0n) is 12.2. The van der Waals surface area contributed by atoms with Crippen LogP contribution < -0.4 is 5.32 Å². The quantitative estimate of drug-likeness (QED) is 0.675. The summed E-state index contributed by atoms with van der Waals surface area (Å²) in [4.78, 5) is 23.6. The van der Waals surface area contributed by atoms with Crippen molar-refractivity contribution in [2.75, 3.05) is 0 Å². The number of rotatable bonds is 5. The van der Waals surface area contributed by atoms with Gasteiger partial charge in [-0.2, -0.15) is 5.10 Å². The molecule has 116 valence electrons. The zero-order valence-corrected chi connectivity index (χ0v) is 12.2. The number of aliphatic carboxylic acids is 1. The highest BCUT2D eigenvalue weighted by Crippen LogP contribution is 2.19. The Hall–Kier alpha value is -3.15. The number of hydrogen-bond acceptors (Lipinski definition) is 3. The Labute approximate surface area is 132 Å². The van der Waals surface area contributed by atoms with Crippen molar-refractivity contribution in [3.05, 3.63) is 65.9 Å². The second-order valence-electron chi connectivity index (χ2n) is 5.15. The Morgan fingerprint density at radius 3 is 2.52 bits per heavy atom. The molecule has 0 spiro atoms. The van der Waals surface area contributed by atoms with Gasteiger partial charge in [-0.05, 0) is 11.6 Å². The molecule has 0 aliphatic rings. The van der Waals surface area contributed by atoms with Gasteiger partial charge in [-0.15, -0.1) is 0 Å². The summed E-state index contributed by atoms with van der Waals surface area (Å²) in [6, 6.07) is 15.7. The van der Waals surface area contributed by atoms with Crippen LogP contribution in [0, 0.1) is 0 Å². The largest absolute Gasteiger partial charge is 0.481 e. The molecule has 1 heterocycles. The van der Waals surface area contributed by atoms with Crippen LogP contribution in [0.2, 0.25) is 0 Å². The van der Waals surface area contributed by atoms with E-state index in [2.05, 4.69) is 15.5 Å². The van der Waals surface area contributed by atoms with E-state index in [1.165, 1.54) is 0 Å². The van der Waals surface area contributed by atoms with Gasteiger partial charge in [0, 0.05) is 5.39 Å². The zero-order chi connectivity index (χ0) is 16.2. The first kappa shape index (κ1) is 14.8. The number of carboxylic acids is 1. The topological polar surface area (TPSA) is 95.1 Å². The summed E-state index contributed by atoms with van der Waals surface area (Å²) in [7, 11) is 0. The maximum Gasteiger partial charge on any atom is 0.305 e. The number of carboxylic acid groups (broad SMARTS) is 1. The van der Waals surface area contributed by atoms with E-state index in [0.29, 0.717) is 5.39 Å². The molecular weight excluding hydrogens is 294 g/mol. The minimum atomic E-state index is -0.981. The minimum absolute atomic E-state index is 0.196. The monoisotopic (exact) mass is 309 g/mol. The number of aromatic amines is 1. The van der Waals surface area contributed by atoms with E-state index >= 15 is 0 Å². The molecule has 1 amide bonds. The van der Waals surface area contributed by atoms with E-state index in [1.807, 2.05) is 24.3 Å². The molecule has 3 N–H and O–H groups in total. The highest BCUT2D eigenvalue weighted by Gasteiger charge is 2.21. The molecule has 6 heteroatoms. The number of fused-ring (bicyclic) bond motifs is 1. The Bertz CT molecular complexity index is 842. The summed E-state index contributed by atoms with van der Waals surface area (Å²) in [6.07, 6.45) is -0.196. The molecular formula is C17H15N3O3. The second-order valence-corrected chi connectivity index (χ2v) is 5.15. The lowest BCUT2D eigenvalue weighted by Crippen LogP contribution is -2.30. The van der Waals surface area contributed by atoms with Crippen molar-refractivity contribution < 1.29 is 14.7 Å². The van der Waals surface area contributed by atoms with E-state index in [4.69, 9.17) is 5.11 Å². The number of hydrogen-bond donors (Lipinski definition) is 3. The van der Waals surface area contributed by atoms with Crippen molar-refractivity contribution in [2.24, 2.45) is 0 Å². The smallest absolute Gasteiger partial charge is 0.305 e. The molecule has 23 heavy (non-hydrogen) atoms. The molecule has 0 aliphatic carbocycles. The van der Waals surface area contributed by atoms with Crippen LogP contribution in [0.5, 0.6) is 0 Å². The average molecular weight is 309 g/mol. The molecule has 2 aromatic carbocycles. The van der Waals surface area contributed by atoms with Gasteiger partial charge in [-0.1, -0.05) is 48.5 Å². The van der Waals surface area contributed by atoms with Gasteiger partial charge in [0.25, 0.3) is 5.91 Å². The van der Waals surface area contributed by atoms with Crippen LogP contribution in [0.4, 0.5) is 0 Å². The van der Waals surface area contributed by atoms with Crippen molar-refractivity contribution in [3.8, 4) is 0 Å². The summed E-state index contributed by atoms with van der Waals surface area (Å²) in [5.74, 6) is -1.39. The Morgan fingerprint density at radius 2 is 1.78 bits per heavy atom. The van der Waals surface area contributed by atoms with Gasteiger partial charge in [0.05, 0.1) is 18.0 Å². The van der Waals surface area contributed by atoms with Crippen molar-refractivity contribution in [1.82, 2.24) is 15.5 Å². The number of H-pyrrole nitrogens is 1. The first-order chi connectivity index (χ1) is 11.1. The molecule has 0 aliphatic heterocycles. The van der Waals surface area contributed by atoms with Crippen LogP contribution in [0.25, 0.3) is 10.9 Å². The molecule has 3 aromatic rings. The number of nitrogens with one attached hydrogen (secondary N) is 2. The Balaban J connectivity index is 1.87. The third-order valence-electron chi connectivity index (χ3n) is 3.57. The van der Waals surface area contributed by atoms with Crippen molar-refractivity contribution in [1.29, 1.82) is 0 Å². The van der Waals surface area contributed by atoms with Gasteiger partial charge in [-0.25, -0.2) is 0 Å². The molecule has 0 radical (unpaired) electrons. The van der Waals surface area contributed by atoms with Gasteiger partial charge in [0.15, 0.2) is 5.69 Å². The second kappa shape index (κ2) is 6.31. The predicted octanol–water partition coefficient (Wildman–Crippen LogP) is 2.51. The fourth-order valence-corrected chi connectivity index (χ4v) is 2.48. The van der Waals surface area contributed by atoms with Crippen LogP contribution in [0.3, 0.4) is 0 Å². The normalized spacial score (nSPS) is 12.0. The number of para-hydroxylation sites is 1. The summed E-state index contributed by atoms with van der Waals surface area (Å²) < 4.78 is 0. The molecule has 6 nitrogen and oxygen atoms in total. The van der Waals surface area contributed by atoms with Gasteiger partial charge in [0.2, 0.25) is 0 Å². The van der Waals surface area contributed by atoms with E-state index in [1.54, 1.807) is 30.3 Å². The van der Waals surface area contributed by atoms with E-state index < -0.39 is 17.9 Å². The van der Waals surface area contributed by atoms with Gasteiger partial charge >= 0.3 is 5.97 Å². The van der Waals surface area contributed by atoms with Gasteiger partial charge < -0.3 is 10.4 Å². The highest BCUT2D eigenvalue weighted by molar-refractivity contribution is 6.04. The molecule has 1 aromatic heterocycles. The maximum absolute atomic E-state index is 12.5. The fourth-order valence-electron chi connectivity index (χ4n) is 2.48. The fraction of sp³-hybridized carbons (Fsp3) is 0.118. The highest BCUT2D eigenvalue weighted by atomic mass is 16.4. The lowest BCUT2D eigenvalue weighted by molar-refractivity contribution is -0.137. The number of amides is 1. The SMILES string of the molecule is O=C(O)CC(NC(=O)c1n[nH]c2ccccc12)c1ccccc1. The molecule has 0 saturated carbocycles. The van der Waals surface area contributed by atoms with Crippen LogP contribution in [0.15, 0.2) is 54.6 Å². The number of aromatic nitrogens is 2. The number of nitrogens with zero attached hydrogens (tertiary/aromatic N) is 1. The van der Waals surface area contributed by atoms with Crippen LogP contribution in [-0.2, 0) is 4.79 Å². The maximum atomic E-state index is 12.5. The van der Waals surface area contributed by atoms with Crippen LogP contribution >= 0.6 is 0 Å². The Morgan fingerprint density at radius 1 is 1.09 bits per heavy atom. The third-order valence-corrected chi connectivity index (χ3v) is 3.57. The van der Waals surface area contributed by atoms with E-state index in [0.717, 1.165) is 11.1 Å². The molecule has 0 saturated heterocycles. The molecule has 0 bridgehead atoms. The number of carbonyl (C=O) groups excluding carboxylic acids is 1. The van der Waals surface area contributed by atoms with Crippen molar-refractivity contribution >= 4 is 22.8 Å². The van der Waals surface area contributed by atoms with Crippen LogP contribution in [-0.4, -0.2) is 27.2 Å². The van der Waals surface area contributed by atoms with Gasteiger partial charge in [-0.3, -0.25) is 14.7 Å². The predicted molar refractivity (Wildman–Crippen MR) is 85.0 cm³/mol. The van der Waals surface area contributed by atoms with Crippen molar-refractivity contribution in [2.45, 2.75) is 12.5 Å². The lowest BCUT2D eigenvalue weighted by atomic mass is 10.0. The molecule has 1 atom stereocenters. The van der Waals surface area contributed by atoms with Crippen molar-refractivity contribution in [3.63, 3.8) is 0 Å². The molecule has 3 rings (SSSR count). The number of benzene rings is 2. The summed E-state index contributed by atoms with van der Waals surface area (Å²) in [6.45, 7) is 0. The summed E-state index contributed by atoms with van der Waals surface area (Å²) in [5, 5.41) is 19.4. The third kappa shape index (κ3) is 3.21. The molecule has 1 unspecified atom stereocenters. The lowest BCUT2D eigenvalue weighted by Gasteiger charge is -2.16. The summed E-state index contributed by atoms with van der Waals surface area (Å²) in [5.41, 5.74) is 1.75. The molecule has 0 fully saturated rings. The van der Waals surface area contributed by atoms with E-state index in [-0.39, 0.29) is 12.1 Å². The van der Waals surface area contributed by atoms with Gasteiger partial charge in [0.1, 0.15) is 0 Å². The van der Waals surface area contributed by atoms with E-state index in [9.17, 15) is 9.59 Å². The average Bonchev–Trinajstić information content (AvgIpc) is 2.99. The number of carbonyl (C=O) groups is 2. The first-order valence-electron chi connectivity index (χ1n) is 7.16. The minimum Gasteiger partial charge on any atom is -0.481 e. The standard InChI is InChI=1S/C17H15N3O3/c21-15(22)10-14(11-6-2-1-3-7-11)18-17(23)16-12-8-4-5-9-13(12)19-20-16/h1-9,14H,10H2,(H,18,23)(H,19,20)(H,21,22). The van der Waals surface area contributed by atoms with Crippen LogP contribution in [0.1, 0.15) is 28.5 Å². The first-order valence-corrected chi connectivity index (χ1v) is 7.16. The summed E-state index contributed by atoms with van der Waals surface area (Å²) >= 11 is 0. The Kier molecular flexibility index (Phi) is 4.05.